The van der Waals surface area contributed by atoms with Crippen molar-refractivity contribution in [3.63, 3.8) is 0 Å². The van der Waals surface area contributed by atoms with Gasteiger partial charge in [0.15, 0.2) is 0 Å². The van der Waals surface area contributed by atoms with Crippen LogP contribution in [0.4, 0.5) is 11.5 Å². The van der Waals surface area contributed by atoms with Crippen molar-refractivity contribution in [2.75, 3.05) is 5.43 Å². The first-order valence-corrected chi connectivity index (χ1v) is 6.60. The number of non-ortho nitro benzene ring substituents is 1. The third kappa shape index (κ3) is 3.14. The van der Waals surface area contributed by atoms with Crippen LogP contribution in [0, 0.1) is 21.4 Å². The number of nitriles is 1. The van der Waals surface area contributed by atoms with Gasteiger partial charge in [0, 0.05) is 23.9 Å². The third-order valence-corrected chi connectivity index (χ3v) is 3.06. The van der Waals surface area contributed by atoms with E-state index in [1.807, 2.05) is 6.07 Å². The molecule has 8 heteroatoms. The van der Waals surface area contributed by atoms with Gasteiger partial charge in [0.2, 0.25) is 0 Å². The summed E-state index contributed by atoms with van der Waals surface area (Å²) in [5.74, 6) is 0.488. The van der Waals surface area contributed by atoms with Crippen LogP contribution in [0.15, 0.2) is 54.7 Å². The van der Waals surface area contributed by atoms with Crippen LogP contribution in [0.5, 0.6) is 0 Å². The molecule has 1 aromatic carbocycles. The molecule has 0 aliphatic heterocycles. The predicted octanol–water partition coefficient (Wildman–Crippen LogP) is 2.60. The quantitative estimate of drug-likeness (QED) is 0.586. The molecule has 2 heterocycles. The zero-order chi connectivity index (χ0) is 16.2. The van der Waals surface area contributed by atoms with Crippen LogP contribution in [-0.4, -0.2) is 19.8 Å². The van der Waals surface area contributed by atoms with Gasteiger partial charge in [-0.15, -0.1) is 0 Å². The molecular formula is C15H10N6O2. The Labute approximate surface area is 130 Å². The van der Waals surface area contributed by atoms with Crippen molar-refractivity contribution in [1.82, 2.24) is 14.9 Å². The van der Waals surface area contributed by atoms with Crippen LogP contribution in [-0.2, 0) is 0 Å². The van der Waals surface area contributed by atoms with Gasteiger partial charge in [-0.3, -0.25) is 15.5 Å². The van der Waals surface area contributed by atoms with Gasteiger partial charge in [-0.2, -0.15) is 15.2 Å². The average Bonchev–Trinajstić information content (AvgIpc) is 3.03. The first-order chi connectivity index (χ1) is 11.2. The lowest BCUT2D eigenvalue weighted by Crippen LogP contribution is -2.11. The van der Waals surface area contributed by atoms with E-state index in [1.165, 1.54) is 16.9 Å². The molecule has 23 heavy (non-hydrogen) atoms. The second-order valence-corrected chi connectivity index (χ2v) is 4.58. The summed E-state index contributed by atoms with van der Waals surface area (Å²) in [4.78, 5) is 15.8. The van der Waals surface area contributed by atoms with E-state index in [9.17, 15) is 10.1 Å². The molecule has 1 N–H and O–H groups in total. The van der Waals surface area contributed by atoms with E-state index in [2.05, 4.69) is 15.5 Å². The second kappa shape index (κ2) is 5.95. The maximum Gasteiger partial charge on any atom is 0.269 e. The van der Waals surface area contributed by atoms with Gasteiger partial charge in [-0.25, -0.2) is 4.98 Å². The molecule has 0 amide bonds. The molecule has 0 atom stereocenters. The first-order valence-electron chi connectivity index (χ1n) is 6.60. The number of nitro groups is 1. The average molecular weight is 306 g/mol. The summed E-state index contributed by atoms with van der Waals surface area (Å²) < 4.78 is 0. The Balaban J connectivity index is 1.80. The number of rotatable bonds is 4. The van der Waals surface area contributed by atoms with Crippen LogP contribution in [0.2, 0.25) is 0 Å². The zero-order valence-corrected chi connectivity index (χ0v) is 11.7. The topological polar surface area (TPSA) is 110 Å². The smallest absolute Gasteiger partial charge is 0.261 e. The van der Waals surface area contributed by atoms with E-state index in [0.717, 1.165) is 5.56 Å². The SMILES string of the molecule is N#Cc1cccc(Nn2ccc(-c3ccc([N+](=O)[O-])cc3)n2)n1. The minimum absolute atomic E-state index is 0.0313. The van der Waals surface area contributed by atoms with Crippen LogP contribution in [0.3, 0.4) is 0 Å². The Kier molecular flexibility index (Phi) is 3.68. The molecule has 0 aliphatic rings. The Morgan fingerprint density at radius 3 is 2.65 bits per heavy atom. The molecule has 3 aromatic rings. The second-order valence-electron chi connectivity index (χ2n) is 4.58. The maximum atomic E-state index is 10.7. The summed E-state index contributed by atoms with van der Waals surface area (Å²) in [5, 5.41) is 23.8. The van der Waals surface area contributed by atoms with Gasteiger partial charge in [0.05, 0.1) is 10.6 Å². The molecule has 0 aliphatic carbocycles. The number of hydrogen-bond acceptors (Lipinski definition) is 6. The van der Waals surface area contributed by atoms with Crippen molar-refractivity contribution in [3.05, 3.63) is 70.5 Å². The van der Waals surface area contributed by atoms with Crippen molar-refractivity contribution in [1.29, 1.82) is 5.26 Å². The third-order valence-electron chi connectivity index (χ3n) is 3.06. The van der Waals surface area contributed by atoms with Gasteiger partial charge in [0.25, 0.3) is 5.69 Å². The summed E-state index contributed by atoms with van der Waals surface area (Å²) in [7, 11) is 0. The van der Waals surface area contributed by atoms with E-state index in [1.54, 1.807) is 42.6 Å². The molecule has 0 spiro atoms. The highest BCUT2D eigenvalue weighted by Crippen LogP contribution is 2.20. The first kappa shape index (κ1) is 14.2. The summed E-state index contributed by atoms with van der Waals surface area (Å²) in [6.07, 6.45) is 1.69. The fourth-order valence-corrected chi connectivity index (χ4v) is 1.97. The number of aromatic nitrogens is 3. The van der Waals surface area contributed by atoms with E-state index < -0.39 is 4.92 Å². The van der Waals surface area contributed by atoms with E-state index in [-0.39, 0.29) is 5.69 Å². The van der Waals surface area contributed by atoms with Crippen molar-refractivity contribution >= 4 is 11.5 Å². The lowest BCUT2D eigenvalue weighted by molar-refractivity contribution is -0.384. The van der Waals surface area contributed by atoms with Crippen LogP contribution in [0.1, 0.15) is 5.69 Å². The number of benzene rings is 1. The number of nitrogens with one attached hydrogen (secondary N) is 1. The fourth-order valence-electron chi connectivity index (χ4n) is 1.97. The lowest BCUT2D eigenvalue weighted by atomic mass is 10.1. The van der Waals surface area contributed by atoms with Gasteiger partial charge in [0.1, 0.15) is 17.6 Å². The minimum atomic E-state index is -0.447. The molecule has 8 nitrogen and oxygen atoms in total. The van der Waals surface area contributed by atoms with Crippen molar-refractivity contribution in [3.8, 4) is 17.3 Å². The lowest BCUT2D eigenvalue weighted by Gasteiger charge is -2.04. The summed E-state index contributed by atoms with van der Waals surface area (Å²) in [6, 6.07) is 14.9. The summed E-state index contributed by atoms with van der Waals surface area (Å²) >= 11 is 0. The van der Waals surface area contributed by atoms with Gasteiger partial charge in [-0.05, 0) is 30.3 Å². The molecule has 2 aromatic heterocycles. The molecular weight excluding hydrogens is 296 g/mol. The van der Waals surface area contributed by atoms with Gasteiger partial charge >= 0.3 is 0 Å². The molecule has 0 saturated heterocycles. The molecule has 0 saturated carbocycles. The van der Waals surface area contributed by atoms with Crippen molar-refractivity contribution in [2.24, 2.45) is 0 Å². The Hall–Kier alpha value is -3.73. The standard InChI is InChI=1S/C15H10N6O2/c16-10-12-2-1-3-15(17-12)19-20-9-8-14(18-20)11-4-6-13(7-5-11)21(22)23/h1-9H,(H,17,19). The Morgan fingerprint density at radius 2 is 1.96 bits per heavy atom. The minimum Gasteiger partial charge on any atom is -0.261 e. The molecule has 0 fully saturated rings. The van der Waals surface area contributed by atoms with Crippen molar-refractivity contribution in [2.45, 2.75) is 0 Å². The number of hydrogen-bond donors (Lipinski definition) is 1. The molecule has 3 rings (SSSR count). The van der Waals surface area contributed by atoms with Crippen LogP contribution < -0.4 is 5.43 Å². The highest BCUT2D eigenvalue weighted by molar-refractivity contribution is 5.60. The predicted molar refractivity (Wildman–Crippen MR) is 82.3 cm³/mol. The number of anilines is 1. The van der Waals surface area contributed by atoms with E-state index in [0.29, 0.717) is 17.2 Å². The zero-order valence-electron chi connectivity index (χ0n) is 11.7. The number of nitrogens with zero attached hydrogens (tertiary/aromatic N) is 5. The number of pyridine rings is 1. The van der Waals surface area contributed by atoms with Gasteiger partial charge < -0.3 is 0 Å². The normalized spacial score (nSPS) is 10.0. The molecule has 0 unspecified atom stereocenters. The monoisotopic (exact) mass is 306 g/mol. The highest BCUT2D eigenvalue weighted by atomic mass is 16.6. The molecule has 0 bridgehead atoms. The largest absolute Gasteiger partial charge is 0.269 e. The van der Waals surface area contributed by atoms with E-state index in [4.69, 9.17) is 5.26 Å². The van der Waals surface area contributed by atoms with Crippen LogP contribution >= 0.6 is 0 Å². The number of nitro benzene ring substituents is 1. The Bertz CT molecular complexity index is 895. The summed E-state index contributed by atoms with van der Waals surface area (Å²) in [5.41, 5.74) is 4.68. The van der Waals surface area contributed by atoms with E-state index >= 15 is 0 Å². The van der Waals surface area contributed by atoms with Crippen molar-refractivity contribution < 1.29 is 4.92 Å². The Morgan fingerprint density at radius 1 is 1.17 bits per heavy atom. The van der Waals surface area contributed by atoms with Gasteiger partial charge in [-0.1, -0.05) is 6.07 Å². The molecule has 112 valence electrons. The maximum absolute atomic E-state index is 10.7. The molecule has 0 radical (unpaired) electrons. The fraction of sp³-hybridized carbons (Fsp3) is 0. The van der Waals surface area contributed by atoms with Crippen LogP contribution in [0.25, 0.3) is 11.3 Å². The highest BCUT2D eigenvalue weighted by Gasteiger charge is 2.07. The summed E-state index contributed by atoms with van der Waals surface area (Å²) in [6.45, 7) is 0.